The lowest BCUT2D eigenvalue weighted by Gasteiger charge is -2.01. The van der Waals surface area contributed by atoms with Crippen LogP contribution in [0.4, 0.5) is 0 Å². The Kier molecular flexibility index (Phi) is 1.86. The van der Waals surface area contributed by atoms with E-state index in [9.17, 15) is 4.79 Å². The second kappa shape index (κ2) is 2.54. The number of rotatable bonds is 2. The summed E-state index contributed by atoms with van der Waals surface area (Å²) in [6.07, 6.45) is 0.662. The first-order valence-corrected chi connectivity index (χ1v) is 3.73. The van der Waals surface area contributed by atoms with E-state index in [0.29, 0.717) is 13.0 Å². The van der Waals surface area contributed by atoms with E-state index in [2.05, 4.69) is 4.85 Å². The van der Waals surface area contributed by atoms with Crippen molar-refractivity contribution in [2.75, 3.05) is 6.61 Å². The highest BCUT2D eigenvalue weighted by atomic mass is 16.5. The summed E-state index contributed by atoms with van der Waals surface area (Å²) in [5, 5.41) is 0. The Morgan fingerprint density at radius 3 is 2.73 bits per heavy atom. The highest BCUT2D eigenvalue weighted by molar-refractivity contribution is 5.87. The normalized spacial score (nSPS) is 34.1. The van der Waals surface area contributed by atoms with Gasteiger partial charge in [-0.25, -0.2) is 11.4 Å². The molecule has 0 radical (unpaired) electrons. The predicted molar refractivity (Wildman–Crippen MR) is 39.7 cm³/mol. The molecule has 3 nitrogen and oxygen atoms in total. The molecule has 3 heteroatoms. The first kappa shape index (κ1) is 8.06. The minimum Gasteiger partial charge on any atom is -0.460 e. The van der Waals surface area contributed by atoms with Crippen LogP contribution in [0, 0.1) is 12.5 Å². The summed E-state index contributed by atoms with van der Waals surface area (Å²) in [5.74, 6) is -0.165. The second-order valence-corrected chi connectivity index (χ2v) is 2.86. The van der Waals surface area contributed by atoms with Crippen LogP contribution in [0.2, 0.25) is 0 Å². The first-order valence-electron chi connectivity index (χ1n) is 3.73. The van der Waals surface area contributed by atoms with Gasteiger partial charge in [0.05, 0.1) is 12.5 Å². The molecule has 1 rings (SSSR count). The summed E-state index contributed by atoms with van der Waals surface area (Å²) >= 11 is 0. The van der Waals surface area contributed by atoms with Crippen molar-refractivity contribution in [1.82, 2.24) is 0 Å². The van der Waals surface area contributed by atoms with E-state index >= 15 is 0 Å². The third kappa shape index (κ3) is 1.09. The third-order valence-electron chi connectivity index (χ3n) is 2.10. The first-order chi connectivity index (χ1) is 5.17. The number of hydrogen-bond donors (Lipinski definition) is 0. The van der Waals surface area contributed by atoms with Gasteiger partial charge in [0.1, 0.15) is 0 Å². The molecule has 0 aromatic rings. The fraction of sp³-hybridized carbons (Fsp3) is 0.750. The number of hydrogen-bond acceptors (Lipinski definition) is 2. The summed E-state index contributed by atoms with van der Waals surface area (Å²) in [7, 11) is 0. The lowest BCUT2D eigenvalue weighted by atomic mass is 10.2. The number of carbonyl (C=O) groups excluding carboxylic acids is 1. The maximum absolute atomic E-state index is 11.1. The van der Waals surface area contributed by atoms with Gasteiger partial charge >= 0.3 is 11.5 Å². The molecule has 60 valence electrons. The van der Waals surface area contributed by atoms with Gasteiger partial charge in [-0.2, -0.15) is 0 Å². The molecule has 1 fully saturated rings. The smallest absolute Gasteiger partial charge is 0.393 e. The zero-order valence-electron chi connectivity index (χ0n) is 6.76. The monoisotopic (exact) mass is 153 g/mol. The van der Waals surface area contributed by atoms with Gasteiger partial charge in [-0.05, 0) is 6.92 Å². The minimum absolute atomic E-state index is 0.180. The van der Waals surface area contributed by atoms with Crippen LogP contribution in [0.5, 0.6) is 0 Å². The average molecular weight is 153 g/mol. The summed E-state index contributed by atoms with van der Waals surface area (Å²) < 4.78 is 4.78. The molecule has 0 bridgehead atoms. The molecule has 11 heavy (non-hydrogen) atoms. The van der Waals surface area contributed by atoms with Crippen LogP contribution in [0.25, 0.3) is 4.85 Å². The van der Waals surface area contributed by atoms with Crippen molar-refractivity contribution in [3.05, 3.63) is 11.4 Å². The summed E-state index contributed by atoms with van der Waals surface area (Å²) in [4.78, 5) is 14.4. The molecule has 0 amide bonds. The van der Waals surface area contributed by atoms with Crippen LogP contribution in [0.1, 0.15) is 20.3 Å². The zero-order valence-corrected chi connectivity index (χ0v) is 6.76. The molecule has 2 atom stereocenters. The molecule has 0 N–H and O–H groups in total. The van der Waals surface area contributed by atoms with Gasteiger partial charge in [0, 0.05) is 6.42 Å². The molecule has 0 aromatic heterocycles. The van der Waals surface area contributed by atoms with E-state index in [4.69, 9.17) is 11.3 Å². The Labute approximate surface area is 66.2 Å². The standard InChI is InChI=1S/C8H11NO2/c1-4-11-7(10)8(9-3)5-6(8)2/h6H,4-5H2,1-2H3/t6-,8+/m1/s1. The molecule has 1 aliphatic carbocycles. The van der Waals surface area contributed by atoms with Gasteiger partial charge in [0.15, 0.2) is 0 Å². The van der Waals surface area contributed by atoms with Crippen LogP contribution in [0.3, 0.4) is 0 Å². The fourth-order valence-electron chi connectivity index (χ4n) is 1.15. The Morgan fingerprint density at radius 1 is 1.91 bits per heavy atom. The van der Waals surface area contributed by atoms with E-state index in [-0.39, 0.29) is 11.9 Å². The van der Waals surface area contributed by atoms with Crippen molar-refractivity contribution in [3.63, 3.8) is 0 Å². The van der Waals surface area contributed by atoms with Gasteiger partial charge < -0.3 is 4.74 Å². The molecule has 0 heterocycles. The van der Waals surface area contributed by atoms with Gasteiger partial charge in [0.25, 0.3) is 0 Å². The van der Waals surface area contributed by atoms with E-state index in [1.165, 1.54) is 0 Å². The molecule has 0 unspecified atom stereocenters. The minimum atomic E-state index is -0.810. The Bertz CT molecular complexity index is 219. The molecule has 0 aliphatic heterocycles. The van der Waals surface area contributed by atoms with Gasteiger partial charge in [-0.15, -0.1) is 0 Å². The summed E-state index contributed by atoms with van der Waals surface area (Å²) in [5.41, 5.74) is -0.810. The topological polar surface area (TPSA) is 30.7 Å². The average Bonchev–Trinajstić information content (AvgIpc) is 2.63. The molecule has 1 aliphatic rings. The molecular formula is C8H11NO2. The Balaban J connectivity index is 2.60. The van der Waals surface area contributed by atoms with Crippen LogP contribution in [-0.4, -0.2) is 18.1 Å². The van der Waals surface area contributed by atoms with Crippen molar-refractivity contribution in [1.29, 1.82) is 0 Å². The van der Waals surface area contributed by atoms with E-state index < -0.39 is 5.54 Å². The van der Waals surface area contributed by atoms with E-state index in [1.54, 1.807) is 6.92 Å². The quantitative estimate of drug-likeness (QED) is 0.441. The maximum Gasteiger partial charge on any atom is 0.393 e. The van der Waals surface area contributed by atoms with Crippen molar-refractivity contribution < 1.29 is 9.53 Å². The molecule has 0 spiro atoms. The maximum atomic E-state index is 11.1. The lowest BCUT2D eigenvalue weighted by molar-refractivity contribution is -0.144. The number of carbonyl (C=O) groups is 1. The molecule has 1 saturated carbocycles. The van der Waals surface area contributed by atoms with Crippen LogP contribution in [0.15, 0.2) is 0 Å². The number of esters is 1. The van der Waals surface area contributed by atoms with Crippen molar-refractivity contribution >= 4 is 5.97 Å². The number of ether oxygens (including phenoxy) is 1. The summed E-state index contributed by atoms with van der Waals surface area (Å²) in [6.45, 7) is 10.8. The third-order valence-corrected chi connectivity index (χ3v) is 2.10. The van der Waals surface area contributed by atoms with Crippen molar-refractivity contribution in [2.45, 2.75) is 25.8 Å². The van der Waals surface area contributed by atoms with Crippen molar-refractivity contribution in [3.8, 4) is 0 Å². The van der Waals surface area contributed by atoms with Gasteiger partial charge in [-0.3, -0.25) is 4.85 Å². The van der Waals surface area contributed by atoms with Crippen LogP contribution < -0.4 is 0 Å². The summed E-state index contributed by atoms with van der Waals surface area (Å²) in [6, 6.07) is 0. The highest BCUT2D eigenvalue weighted by Crippen LogP contribution is 2.47. The molecular weight excluding hydrogens is 142 g/mol. The highest BCUT2D eigenvalue weighted by Gasteiger charge is 2.67. The Hall–Kier alpha value is -1.04. The van der Waals surface area contributed by atoms with E-state index in [1.807, 2.05) is 6.92 Å². The molecule has 0 saturated heterocycles. The predicted octanol–water partition coefficient (Wildman–Crippen LogP) is 1.25. The Morgan fingerprint density at radius 2 is 2.45 bits per heavy atom. The van der Waals surface area contributed by atoms with Crippen LogP contribution in [-0.2, 0) is 9.53 Å². The lowest BCUT2D eigenvalue weighted by Crippen LogP contribution is -2.23. The van der Waals surface area contributed by atoms with Crippen molar-refractivity contribution in [2.24, 2.45) is 5.92 Å². The van der Waals surface area contributed by atoms with E-state index in [0.717, 1.165) is 0 Å². The molecule has 0 aromatic carbocycles. The van der Waals surface area contributed by atoms with Crippen LogP contribution >= 0.6 is 0 Å². The zero-order chi connectivity index (χ0) is 8.48. The van der Waals surface area contributed by atoms with Gasteiger partial charge in [-0.1, -0.05) is 6.92 Å². The largest absolute Gasteiger partial charge is 0.460 e. The number of nitrogens with zero attached hydrogens (tertiary/aromatic N) is 1. The second-order valence-electron chi connectivity index (χ2n) is 2.86. The SMILES string of the molecule is [C-]#[N+][C@@]1(C(=O)OCC)C[C@H]1C. The fourth-order valence-corrected chi connectivity index (χ4v) is 1.15. The van der Waals surface area contributed by atoms with Gasteiger partial charge in [0.2, 0.25) is 0 Å².